The van der Waals surface area contributed by atoms with Crippen LogP contribution in [0.2, 0.25) is 0 Å². The highest BCUT2D eigenvalue weighted by Crippen LogP contribution is 2.35. The third kappa shape index (κ3) is 2.30. The van der Waals surface area contributed by atoms with Crippen molar-refractivity contribution < 1.29 is 0 Å². The minimum absolute atomic E-state index is 1.10. The SMILES string of the molecule is Brc1cccc2c1N(CCc1ccccc1)CC2. The van der Waals surface area contributed by atoms with Gasteiger partial charge in [0, 0.05) is 17.6 Å². The van der Waals surface area contributed by atoms with Gasteiger partial charge in [-0.2, -0.15) is 0 Å². The molecule has 0 aromatic heterocycles. The number of nitrogens with zero attached hydrogens (tertiary/aromatic N) is 1. The van der Waals surface area contributed by atoms with Gasteiger partial charge in [-0.3, -0.25) is 0 Å². The minimum atomic E-state index is 1.10. The number of benzene rings is 2. The summed E-state index contributed by atoms with van der Waals surface area (Å²) >= 11 is 3.67. The lowest BCUT2D eigenvalue weighted by molar-refractivity contribution is 0.812. The summed E-state index contributed by atoms with van der Waals surface area (Å²) in [4.78, 5) is 2.49. The maximum absolute atomic E-state index is 3.67. The van der Waals surface area contributed by atoms with Crippen molar-refractivity contribution in [2.45, 2.75) is 12.8 Å². The normalized spacial score (nSPS) is 13.7. The largest absolute Gasteiger partial charge is 0.370 e. The molecule has 92 valence electrons. The zero-order valence-corrected chi connectivity index (χ0v) is 11.9. The van der Waals surface area contributed by atoms with Gasteiger partial charge in [0.15, 0.2) is 0 Å². The maximum Gasteiger partial charge on any atom is 0.0544 e. The first-order chi connectivity index (χ1) is 8.84. The van der Waals surface area contributed by atoms with Crippen molar-refractivity contribution in [3.05, 3.63) is 64.1 Å². The summed E-state index contributed by atoms with van der Waals surface area (Å²) in [5.41, 5.74) is 4.28. The standard InChI is InChI=1S/C16H16BrN/c17-15-8-4-7-14-10-12-18(16(14)15)11-9-13-5-2-1-3-6-13/h1-8H,9-12H2. The zero-order valence-electron chi connectivity index (χ0n) is 10.3. The van der Waals surface area contributed by atoms with E-state index >= 15 is 0 Å². The Labute approximate surface area is 117 Å². The van der Waals surface area contributed by atoms with Crippen molar-refractivity contribution in [3.63, 3.8) is 0 Å². The van der Waals surface area contributed by atoms with Gasteiger partial charge in [0.1, 0.15) is 0 Å². The molecule has 2 heteroatoms. The average Bonchev–Trinajstić information content (AvgIpc) is 2.82. The van der Waals surface area contributed by atoms with Crippen molar-refractivity contribution in [3.8, 4) is 0 Å². The van der Waals surface area contributed by atoms with Crippen LogP contribution in [0.25, 0.3) is 0 Å². The second-order valence-corrected chi connectivity index (χ2v) is 5.57. The molecular weight excluding hydrogens is 286 g/mol. The van der Waals surface area contributed by atoms with Crippen molar-refractivity contribution >= 4 is 21.6 Å². The molecular formula is C16H16BrN. The van der Waals surface area contributed by atoms with E-state index in [2.05, 4.69) is 69.4 Å². The van der Waals surface area contributed by atoms with E-state index in [1.807, 2.05) is 0 Å². The fraction of sp³-hybridized carbons (Fsp3) is 0.250. The van der Waals surface area contributed by atoms with Gasteiger partial charge in [-0.05, 0) is 46.0 Å². The molecule has 1 heterocycles. The summed E-state index contributed by atoms with van der Waals surface area (Å²) in [6, 6.07) is 17.2. The number of hydrogen-bond acceptors (Lipinski definition) is 1. The number of anilines is 1. The molecule has 0 N–H and O–H groups in total. The van der Waals surface area contributed by atoms with E-state index < -0.39 is 0 Å². The van der Waals surface area contributed by atoms with E-state index in [4.69, 9.17) is 0 Å². The van der Waals surface area contributed by atoms with Crippen molar-refractivity contribution in [1.29, 1.82) is 0 Å². The Morgan fingerprint density at radius 2 is 1.83 bits per heavy atom. The molecule has 0 fully saturated rings. The average molecular weight is 302 g/mol. The molecule has 1 nitrogen and oxygen atoms in total. The summed E-state index contributed by atoms with van der Waals surface area (Å²) in [5.74, 6) is 0. The Morgan fingerprint density at radius 3 is 2.67 bits per heavy atom. The van der Waals surface area contributed by atoms with Crippen LogP contribution in [0.3, 0.4) is 0 Å². The molecule has 0 aliphatic carbocycles. The molecule has 18 heavy (non-hydrogen) atoms. The highest BCUT2D eigenvalue weighted by Gasteiger charge is 2.20. The van der Waals surface area contributed by atoms with E-state index in [0.29, 0.717) is 0 Å². The first-order valence-corrected chi connectivity index (χ1v) is 7.20. The van der Waals surface area contributed by atoms with Crippen LogP contribution in [0.4, 0.5) is 5.69 Å². The van der Waals surface area contributed by atoms with E-state index in [0.717, 1.165) is 19.5 Å². The van der Waals surface area contributed by atoms with Crippen LogP contribution in [-0.4, -0.2) is 13.1 Å². The molecule has 2 aromatic carbocycles. The highest BCUT2D eigenvalue weighted by atomic mass is 79.9. The third-order valence-electron chi connectivity index (χ3n) is 3.55. The lowest BCUT2D eigenvalue weighted by Gasteiger charge is -2.20. The van der Waals surface area contributed by atoms with Crippen molar-refractivity contribution in [2.75, 3.05) is 18.0 Å². The fourth-order valence-corrected chi connectivity index (χ4v) is 3.27. The second-order valence-electron chi connectivity index (χ2n) is 4.72. The molecule has 0 radical (unpaired) electrons. The fourth-order valence-electron chi connectivity index (χ4n) is 2.62. The summed E-state index contributed by atoms with van der Waals surface area (Å²) < 4.78 is 1.23. The van der Waals surface area contributed by atoms with Crippen LogP contribution in [0, 0.1) is 0 Å². The molecule has 0 amide bonds. The van der Waals surface area contributed by atoms with E-state index in [1.54, 1.807) is 0 Å². The molecule has 1 aliphatic heterocycles. The Kier molecular flexibility index (Phi) is 3.37. The smallest absolute Gasteiger partial charge is 0.0544 e. The molecule has 1 aliphatic rings. The predicted molar refractivity (Wildman–Crippen MR) is 80.2 cm³/mol. The number of halogens is 1. The van der Waals surface area contributed by atoms with Gasteiger partial charge in [-0.1, -0.05) is 42.5 Å². The van der Waals surface area contributed by atoms with Crippen LogP contribution in [0.1, 0.15) is 11.1 Å². The van der Waals surface area contributed by atoms with Crippen LogP contribution in [-0.2, 0) is 12.8 Å². The summed E-state index contributed by atoms with van der Waals surface area (Å²) in [6.45, 7) is 2.24. The van der Waals surface area contributed by atoms with Crippen molar-refractivity contribution in [2.24, 2.45) is 0 Å². The Bertz CT molecular complexity index is 536. The van der Waals surface area contributed by atoms with E-state index in [-0.39, 0.29) is 0 Å². The minimum Gasteiger partial charge on any atom is -0.370 e. The first kappa shape index (κ1) is 11.8. The van der Waals surface area contributed by atoms with Gasteiger partial charge < -0.3 is 4.90 Å². The first-order valence-electron chi connectivity index (χ1n) is 6.41. The second kappa shape index (κ2) is 5.15. The van der Waals surface area contributed by atoms with E-state index in [1.165, 1.54) is 27.7 Å². The molecule has 0 atom stereocenters. The Hall–Kier alpha value is -1.28. The molecule has 0 unspecified atom stereocenters. The number of fused-ring (bicyclic) bond motifs is 1. The molecule has 0 bridgehead atoms. The summed E-state index contributed by atoms with van der Waals surface area (Å²) in [5, 5.41) is 0. The number of rotatable bonds is 3. The Morgan fingerprint density at radius 1 is 1.00 bits per heavy atom. The van der Waals surface area contributed by atoms with Gasteiger partial charge >= 0.3 is 0 Å². The molecule has 0 spiro atoms. The zero-order chi connectivity index (χ0) is 12.4. The maximum atomic E-state index is 3.67. The molecule has 3 rings (SSSR count). The van der Waals surface area contributed by atoms with Gasteiger partial charge in [0.25, 0.3) is 0 Å². The summed E-state index contributed by atoms with van der Waals surface area (Å²) in [7, 11) is 0. The number of hydrogen-bond donors (Lipinski definition) is 0. The lowest BCUT2D eigenvalue weighted by Crippen LogP contribution is -2.23. The van der Waals surface area contributed by atoms with Crippen LogP contribution in [0.5, 0.6) is 0 Å². The lowest BCUT2D eigenvalue weighted by atomic mass is 10.1. The summed E-state index contributed by atoms with van der Waals surface area (Å²) in [6.07, 6.45) is 2.28. The Balaban J connectivity index is 1.74. The quantitative estimate of drug-likeness (QED) is 0.826. The predicted octanol–water partition coefficient (Wildman–Crippen LogP) is 4.05. The van der Waals surface area contributed by atoms with Gasteiger partial charge in [-0.25, -0.2) is 0 Å². The van der Waals surface area contributed by atoms with Gasteiger partial charge in [0.2, 0.25) is 0 Å². The van der Waals surface area contributed by atoms with Crippen molar-refractivity contribution in [1.82, 2.24) is 0 Å². The van der Waals surface area contributed by atoms with E-state index in [9.17, 15) is 0 Å². The third-order valence-corrected chi connectivity index (χ3v) is 4.19. The monoisotopic (exact) mass is 301 g/mol. The van der Waals surface area contributed by atoms with Gasteiger partial charge in [-0.15, -0.1) is 0 Å². The highest BCUT2D eigenvalue weighted by molar-refractivity contribution is 9.10. The number of para-hydroxylation sites is 1. The van der Waals surface area contributed by atoms with Crippen LogP contribution < -0.4 is 4.90 Å². The van der Waals surface area contributed by atoms with Crippen LogP contribution >= 0.6 is 15.9 Å². The molecule has 2 aromatic rings. The molecule has 0 saturated carbocycles. The topological polar surface area (TPSA) is 3.24 Å². The molecule has 0 saturated heterocycles. The van der Waals surface area contributed by atoms with Gasteiger partial charge in [0.05, 0.1) is 5.69 Å². The van der Waals surface area contributed by atoms with Crippen LogP contribution in [0.15, 0.2) is 53.0 Å².